The summed E-state index contributed by atoms with van der Waals surface area (Å²) in [6.07, 6.45) is 2.56. The molecular weight excluding hydrogens is 438 g/mol. The topological polar surface area (TPSA) is 58.6 Å². The highest BCUT2D eigenvalue weighted by atomic mass is 35.5. The van der Waals surface area contributed by atoms with Gasteiger partial charge in [-0.05, 0) is 31.2 Å². The first kappa shape index (κ1) is 22.0. The van der Waals surface area contributed by atoms with Crippen molar-refractivity contribution in [1.29, 1.82) is 0 Å². The molecule has 1 fully saturated rings. The number of benzene rings is 2. The summed E-state index contributed by atoms with van der Waals surface area (Å²) < 4.78 is 35.6. The summed E-state index contributed by atoms with van der Waals surface area (Å²) >= 11 is 6.47. The van der Waals surface area contributed by atoms with Gasteiger partial charge in [0.05, 0.1) is 17.7 Å². The van der Waals surface area contributed by atoms with Crippen LogP contribution in [0.5, 0.6) is 5.75 Å². The molecule has 0 radical (unpaired) electrons. The van der Waals surface area contributed by atoms with Crippen molar-refractivity contribution in [3.05, 3.63) is 59.9 Å². The second kappa shape index (κ2) is 8.70. The van der Waals surface area contributed by atoms with Crippen molar-refractivity contribution in [3.8, 4) is 16.9 Å². The summed E-state index contributed by atoms with van der Waals surface area (Å²) in [6.45, 7) is 6.92. The number of carbonyl (C=O) groups excluding carboxylic acids is 1. The van der Waals surface area contributed by atoms with Gasteiger partial charge in [-0.3, -0.25) is 4.79 Å². The van der Waals surface area contributed by atoms with Crippen molar-refractivity contribution >= 4 is 34.2 Å². The van der Waals surface area contributed by atoms with Gasteiger partial charge < -0.3 is 14.5 Å². The Morgan fingerprint density at radius 3 is 2.75 bits per heavy atom. The van der Waals surface area contributed by atoms with Crippen LogP contribution in [0.15, 0.2) is 43.2 Å². The standard InChI is InChI=1S/C23H21ClF2N4O2/c1-4-18(31)29-8-9-30(13(2)11-29)23-14-10-15(24)19(21(26)22(14)27-12-28-23)20-16(25)6-5-7-17(20)32-3/h4-7,10,12-13H,1,8-9,11H2,2-3H3/t13-/m1/s1. The molecule has 4 rings (SSSR count). The minimum absolute atomic E-state index is 0.0163. The molecule has 0 N–H and O–H groups in total. The van der Waals surface area contributed by atoms with Crippen molar-refractivity contribution in [2.45, 2.75) is 13.0 Å². The number of amides is 1. The van der Waals surface area contributed by atoms with Gasteiger partial charge >= 0.3 is 0 Å². The van der Waals surface area contributed by atoms with E-state index in [1.54, 1.807) is 11.0 Å². The third-order valence-corrected chi connectivity index (χ3v) is 5.93. The van der Waals surface area contributed by atoms with E-state index in [0.717, 1.165) is 0 Å². The Morgan fingerprint density at radius 2 is 2.06 bits per heavy atom. The van der Waals surface area contributed by atoms with Crippen LogP contribution >= 0.6 is 11.6 Å². The summed E-state index contributed by atoms with van der Waals surface area (Å²) in [4.78, 5) is 24.1. The molecule has 0 saturated carbocycles. The molecule has 1 aliphatic heterocycles. The number of anilines is 1. The van der Waals surface area contributed by atoms with Crippen LogP contribution in [-0.4, -0.2) is 53.6 Å². The van der Waals surface area contributed by atoms with Gasteiger partial charge in [-0.15, -0.1) is 0 Å². The highest BCUT2D eigenvalue weighted by molar-refractivity contribution is 6.34. The van der Waals surface area contributed by atoms with Crippen molar-refractivity contribution in [1.82, 2.24) is 14.9 Å². The number of ether oxygens (including phenoxy) is 1. The fraction of sp³-hybridized carbons (Fsp3) is 0.261. The molecule has 6 nitrogen and oxygen atoms in total. The van der Waals surface area contributed by atoms with Gasteiger partial charge in [0, 0.05) is 36.6 Å². The fourth-order valence-electron chi connectivity index (χ4n) is 4.09. The largest absolute Gasteiger partial charge is 0.496 e. The molecule has 9 heteroatoms. The van der Waals surface area contributed by atoms with Crippen LogP contribution in [-0.2, 0) is 4.79 Å². The molecule has 32 heavy (non-hydrogen) atoms. The summed E-state index contributed by atoms with van der Waals surface area (Å²) in [5.74, 6) is -0.887. The predicted molar refractivity (Wildman–Crippen MR) is 120 cm³/mol. The molecule has 2 heterocycles. The number of methoxy groups -OCH3 is 1. The van der Waals surface area contributed by atoms with E-state index in [4.69, 9.17) is 16.3 Å². The average Bonchev–Trinajstić information content (AvgIpc) is 2.79. The summed E-state index contributed by atoms with van der Waals surface area (Å²) in [5.41, 5.74) is -0.158. The van der Waals surface area contributed by atoms with Crippen LogP contribution in [0.25, 0.3) is 22.0 Å². The average molecular weight is 459 g/mol. The molecule has 1 aliphatic rings. The number of nitrogens with zero attached hydrogens (tertiary/aromatic N) is 4. The second-order valence-electron chi connectivity index (χ2n) is 7.49. The summed E-state index contributed by atoms with van der Waals surface area (Å²) in [6, 6.07) is 5.69. The number of hydrogen-bond donors (Lipinski definition) is 0. The van der Waals surface area contributed by atoms with Gasteiger partial charge in [0.15, 0.2) is 5.82 Å². The number of halogens is 3. The highest BCUT2D eigenvalue weighted by Crippen LogP contribution is 2.42. The Hall–Kier alpha value is -3.26. The second-order valence-corrected chi connectivity index (χ2v) is 7.90. The lowest BCUT2D eigenvalue weighted by atomic mass is 10.0. The zero-order valence-corrected chi connectivity index (χ0v) is 18.4. The molecule has 1 aromatic heterocycles. The number of hydrogen-bond acceptors (Lipinski definition) is 5. The Bertz CT molecular complexity index is 1220. The van der Waals surface area contributed by atoms with Crippen LogP contribution in [0.4, 0.5) is 14.6 Å². The van der Waals surface area contributed by atoms with Gasteiger partial charge in [-0.25, -0.2) is 18.7 Å². The number of rotatable bonds is 4. The minimum atomic E-state index is -0.757. The maximum atomic E-state index is 15.7. The first-order valence-electron chi connectivity index (χ1n) is 10.0. The van der Waals surface area contributed by atoms with E-state index in [2.05, 4.69) is 16.5 Å². The summed E-state index contributed by atoms with van der Waals surface area (Å²) in [7, 11) is 1.38. The Kier molecular flexibility index (Phi) is 5.97. The van der Waals surface area contributed by atoms with Crippen LogP contribution < -0.4 is 9.64 Å². The lowest BCUT2D eigenvalue weighted by Gasteiger charge is -2.40. The molecule has 0 bridgehead atoms. The van der Waals surface area contributed by atoms with Crippen molar-refractivity contribution < 1.29 is 18.3 Å². The zero-order valence-electron chi connectivity index (χ0n) is 17.6. The molecule has 2 aromatic carbocycles. The molecule has 1 atom stereocenters. The molecule has 0 aliphatic carbocycles. The maximum Gasteiger partial charge on any atom is 0.246 e. The van der Waals surface area contributed by atoms with Crippen molar-refractivity contribution in [3.63, 3.8) is 0 Å². The van der Waals surface area contributed by atoms with Gasteiger partial charge in [-0.2, -0.15) is 0 Å². The normalized spacial score (nSPS) is 16.3. The van der Waals surface area contributed by atoms with Crippen molar-refractivity contribution in [2.75, 3.05) is 31.6 Å². The predicted octanol–water partition coefficient (Wildman–Crippen LogP) is 4.46. The van der Waals surface area contributed by atoms with E-state index in [-0.39, 0.29) is 39.4 Å². The monoisotopic (exact) mass is 458 g/mol. The van der Waals surface area contributed by atoms with Gasteiger partial charge in [0.25, 0.3) is 0 Å². The fourth-order valence-corrected chi connectivity index (χ4v) is 4.38. The van der Waals surface area contributed by atoms with E-state index in [1.165, 1.54) is 37.7 Å². The van der Waals surface area contributed by atoms with E-state index in [0.29, 0.717) is 30.8 Å². The number of piperazine rings is 1. The first-order chi connectivity index (χ1) is 15.4. The Balaban J connectivity index is 1.83. The molecule has 166 valence electrons. The smallest absolute Gasteiger partial charge is 0.246 e. The quantitative estimate of drug-likeness (QED) is 0.540. The molecule has 1 saturated heterocycles. The Labute approximate surface area is 189 Å². The maximum absolute atomic E-state index is 15.7. The van der Waals surface area contributed by atoms with E-state index in [1.807, 2.05) is 11.8 Å². The van der Waals surface area contributed by atoms with Crippen LogP contribution in [0.1, 0.15) is 6.92 Å². The molecule has 0 unspecified atom stereocenters. The number of fused-ring (bicyclic) bond motifs is 1. The van der Waals surface area contributed by atoms with Crippen LogP contribution in [0.3, 0.4) is 0 Å². The number of carbonyl (C=O) groups is 1. The SMILES string of the molecule is C=CC(=O)N1CCN(c2ncnc3c(F)c(-c4c(F)cccc4OC)c(Cl)cc23)[C@H](C)C1. The van der Waals surface area contributed by atoms with Crippen LogP contribution in [0.2, 0.25) is 5.02 Å². The lowest BCUT2D eigenvalue weighted by molar-refractivity contribution is -0.126. The molecule has 0 spiro atoms. The van der Waals surface area contributed by atoms with Gasteiger partial charge in [0.1, 0.15) is 29.2 Å². The van der Waals surface area contributed by atoms with Gasteiger partial charge in [0.2, 0.25) is 5.91 Å². The van der Waals surface area contributed by atoms with E-state index < -0.39 is 11.6 Å². The first-order valence-corrected chi connectivity index (χ1v) is 10.4. The van der Waals surface area contributed by atoms with Crippen LogP contribution in [0, 0.1) is 11.6 Å². The zero-order chi connectivity index (χ0) is 23.0. The third-order valence-electron chi connectivity index (χ3n) is 5.63. The highest BCUT2D eigenvalue weighted by Gasteiger charge is 2.29. The Morgan fingerprint density at radius 1 is 1.28 bits per heavy atom. The molecule has 1 amide bonds. The molecule has 3 aromatic rings. The molecular formula is C23H21ClF2N4O2. The summed E-state index contributed by atoms with van der Waals surface area (Å²) in [5, 5.41) is 0.423. The lowest BCUT2D eigenvalue weighted by Crippen LogP contribution is -2.53. The van der Waals surface area contributed by atoms with E-state index in [9.17, 15) is 9.18 Å². The van der Waals surface area contributed by atoms with Gasteiger partial charge in [-0.1, -0.05) is 24.2 Å². The van der Waals surface area contributed by atoms with Crippen molar-refractivity contribution in [2.24, 2.45) is 0 Å². The number of aromatic nitrogens is 2. The minimum Gasteiger partial charge on any atom is -0.496 e. The van der Waals surface area contributed by atoms with E-state index >= 15 is 4.39 Å². The third kappa shape index (κ3) is 3.64.